The lowest BCUT2D eigenvalue weighted by Gasteiger charge is -2.17. The number of para-hydroxylation sites is 1. The third kappa shape index (κ3) is 10.6. The molecule has 0 amide bonds. The fraction of sp³-hybridized carbons (Fsp3) is 0.500. The maximum Gasteiger partial charge on any atom is 0.770 e. The van der Waals surface area contributed by atoms with E-state index in [1.54, 1.807) is 35.2 Å². The summed E-state index contributed by atoms with van der Waals surface area (Å²) >= 11 is 0. The number of aliphatic hydroxyl groups excluding tert-OH is 3. The summed E-state index contributed by atoms with van der Waals surface area (Å²) in [6.45, 7) is 1.75. The summed E-state index contributed by atoms with van der Waals surface area (Å²) in [4.78, 5) is 10.1. The first kappa shape index (κ1) is 18.7. The Bertz CT molecular complexity index is 337. The highest BCUT2D eigenvalue weighted by Gasteiger charge is 2.03. The summed E-state index contributed by atoms with van der Waals surface area (Å²) in [5.41, 5.74) is 0. The predicted octanol–water partition coefficient (Wildman–Crippen LogP) is -1.26. The second kappa shape index (κ2) is 12.7. The molecule has 114 valence electrons. The second-order valence-corrected chi connectivity index (χ2v) is 4.43. The quantitative estimate of drug-likeness (QED) is 0.444. The fourth-order valence-electron chi connectivity index (χ4n) is 1.35. The number of benzene rings is 1. The highest BCUT2D eigenvalue weighted by atomic mass is 28.3. The molecular formula is C12H21NO6Si. The van der Waals surface area contributed by atoms with Crippen molar-refractivity contribution in [3.8, 4) is 5.75 Å². The SMILES string of the molecule is O=[Si](O)Oc1ccccc1.OCCN(CCO)CCO. The van der Waals surface area contributed by atoms with Gasteiger partial charge < -0.3 is 24.5 Å². The first-order chi connectivity index (χ1) is 9.63. The summed E-state index contributed by atoms with van der Waals surface area (Å²) in [5, 5.41) is 25.5. The number of rotatable bonds is 8. The van der Waals surface area contributed by atoms with Crippen LogP contribution in [0.5, 0.6) is 5.75 Å². The largest absolute Gasteiger partial charge is 0.770 e. The molecule has 20 heavy (non-hydrogen) atoms. The highest BCUT2D eigenvalue weighted by Crippen LogP contribution is 2.06. The molecule has 1 aromatic rings. The van der Waals surface area contributed by atoms with Gasteiger partial charge in [0.25, 0.3) is 0 Å². The molecular weight excluding hydrogens is 282 g/mol. The van der Waals surface area contributed by atoms with Crippen LogP contribution in [0.3, 0.4) is 0 Å². The van der Waals surface area contributed by atoms with E-state index in [1.807, 2.05) is 0 Å². The molecule has 7 nitrogen and oxygen atoms in total. The van der Waals surface area contributed by atoms with E-state index >= 15 is 0 Å². The van der Waals surface area contributed by atoms with E-state index < -0.39 is 9.17 Å². The fourth-order valence-corrected chi connectivity index (χ4v) is 1.69. The summed E-state index contributed by atoms with van der Waals surface area (Å²) in [7, 11) is -2.84. The molecule has 0 saturated heterocycles. The molecule has 0 fully saturated rings. The van der Waals surface area contributed by atoms with Gasteiger partial charge in [-0.3, -0.25) is 9.36 Å². The Balaban J connectivity index is 0.000000361. The van der Waals surface area contributed by atoms with Crippen LogP contribution >= 0.6 is 0 Å². The Morgan fingerprint density at radius 3 is 1.75 bits per heavy atom. The molecule has 0 unspecified atom stereocenters. The van der Waals surface area contributed by atoms with Gasteiger partial charge in [0, 0.05) is 19.6 Å². The molecule has 0 aromatic heterocycles. The maximum atomic E-state index is 10.1. The van der Waals surface area contributed by atoms with E-state index in [0.29, 0.717) is 25.4 Å². The molecule has 0 bridgehead atoms. The zero-order valence-electron chi connectivity index (χ0n) is 11.2. The molecule has 0 spiro atoms. The monoisotopic (exact) mass is 303 g/mol. The maximum absolute atomic E-state index is 10.1. The van der Waals surface area contributed by atoms with E-state index in [2.05, 4.69) is 4.43 Å². The van der Waals surface area contributed by atoms with Crippen molar-refractivity contribution in [2.45, 2.75) is 0 Å². The minimum Gasteiger partial charge on any atom is -0.511 e. The Morgan fingerprint density at radius 1 is 0.950 bits per heavy atom. The number of hydrogen-bond donors (Lipinski definition) is 4. The van der Waals surface area contributed by atoms with Gasteiger partial charge in [0.15, 0.2) is 0 Å². The normalized spacial score (nSPS) is 9.80. The van der Waals surface area contributed by atoms with Crippen molar-refractivity contribution in [2.24, 2.45) is 0 Å². The third-order valence-electron chi connectivity index (χ3n) is 2.20. The van der Waals surface area contributed by atoms with Gasteiger partial charge in [0.2, 0.25) is 0 Å². The second-order valence-electron chi connectivity index (χ2n) is 3.69. The standard InChI is InChI=1S/C6H15NO3.C6H6O3Si/c8-4-1-7(2-5-9)3-6-10;7-10(8)9-6-4-2-1-3-5-6/h8-10H,1-6H2;1-5,7H. The van der Waals surface area contributed by atoms with Crippen molar-refractivity contribution in [3.05, 3.63) is 30.3 Å². The number of nitrogens with zero attached hydrogens (tertiary/aromatic N) is 1. The summed E-state index contributed by atoms with van der Waals surface area (Å²) in [6.07, 6.45) is 0. The molecule has 1 rings (SSSR count). The van der Waals surface area contributed by atoms with Crippen molar-refractivity contribution < 1.29 is 29.0 Å². The van der Waals surface area contributed by atoms with E-state index in [0.717, 1.165) is 0 Å². The molecule has 0 heterocycles. The van der Waals surface area contributed by atoms with Crippen LogP contribution in [0.2, 0.25) is 0 Å². The molecule has 8 heteroatoms. The number of aliphatic hydroxyl groups is 3. The molecule has 0 aliphatic heterocycles. The van der Waals surface area contributed by atoms with Gasteiger partial charge in [-0.25, -0.2) is 0 Å². The Hall–Kier alpha value is -1.32. The van der Waals surface area contributed by atoms with Crippen LogP contribution < -0.4 is 4.43 Å². The van der Waals surface area contributed by atoms with Gasteiger partial charge in [-0.05, 0) is 12.1 Å². The Morgan fingerprint density at radius 2 is 1.40 bits per heavy atom. The van der Waals surface area contributed by atoms with Gasteiger partial charge >= 0.3 is 9.17 Å². The zero-order valence-corrected chi connectivity index (χ0v) is 12.2. The molecule has 0 atom stereocenters. The molecule has 0 saturated carbocycles. The van der Waals surface area contributed by atoms with Gasteiger partial charge in [-0.15, -0.1) is 0 Å². The molecule has 4 N–H and O–H groups in total. The summed E-state index contributed by atoms with van der Waals surface area (Å²) in [5.74, 6) is 0.425. The van der Waals surface area contributed by atoms with Crippen molar-refractivity contribution in [3.63, 3.8) is 0 Å². The average molecular weight is 303 g/mol. The summed E-state index contributed by atoms with van der Waals surface area (Å²) < 4.78 is 14.6. The van der Waals surface area contributed by atoms with Crippen LogP contribution in [-0.2, 0) is 4.46 Å². The van der Waals surface area contributed by atoms with Gasteiger partial charge in [0.1, 0.15) is 5.75 Å². The highest BCUT2D eigenvalue weighted by molar-refractivity contribution is 6.25. The van der Waals surface area contributed by atoms with Gasteiger partial charge in [0.05, 0.1) is 19.8 Å². The van der Waals surface area contributed by atoms with Crippen LogP contribution in [0, 0.1) is 0 Å². The lowest BCUT2D eigenvalue weighted by atomic mass is 10.3. The Labute approximate surface area is 119 Å². The van der Waals surface area contributed by atoms with Crippen molar-refractivity contribution >= 4 is 9.17 Å². The predicted molar refractivity (Wildman–Crippen MR) is 73.4 cm³/mol. The van der Waals surface area contributed by atoms with E-state index in [4.69, 9.17) is 20.1 Å². The molecule has 0 aliphatic carbocycles. The van der Waals surface area contributed by atoms with Crippen LogP contribution in [-0.4, -0.2) is 73.6 Å². The third-order valence-corrected chi connectivity index (χ3v) is 2.61. The minimum absolute atomic E-state index is 0.0694. The van der Waals surface area contributed by atoms with Gasteiger partial charge in [-0.1, -0.05) is 18.2 Å². The lowest BCUT2D eigenvalue weighted by Crippen LogP contribution is -2.32. The van der Waals surface area contributed by atoms with Crippen molar-refractivity contribution in [1.82, 2.24) is 4.90 Å². The van der Waals surface area contributed by atoms with Crippen LogP contribution in [0.1, 0.15) is 0 Å². The van der Waals surface area contributed by atoms with Crippen molar-refractivity contribution in [1.29, 1.82) is 0 Å². The number of hydrogen-bond acceptors (Lipinski definition) is 6. The zero-order chi connectivity index (χ0) is 15.2. The molecule has 0 radical (unpaired) electrons. The molecule has 1 aromatic carbocycles. The summed E-state index contributed by atoms with van der Waals surface area (Å²) in [6, 6.07) is 8.53. The smallest absolute Gasteiger partial charge is 0.511 e. The average Bonchev–Trinajstić information content (AvgIpc) is 2.41. The first-order valence-corrected chi connectivity index (χ1v) is 7.41. The topological polar surface area (TPSA) is 110 Å². The Kier molecular flexibility index (Phi) is 11.9. The lowest BCUT2D eigenvalue weighted by molar-refractivity contribution is 0.136. The van der Waals surface area contributed by atoms with E-state index in [1.165, 1.54) is 0 Å². The van der Waals surface area contributed by atoms with Crippen molar-refractivity contribution in [2.75, 3.05) is 39.5 Å². The molecule has 0 aliphatic rings. The van der Waals surface area contributed by atoms with E-state index in [-0.39, 0.29) is 19.8 Å². The van der Waals surface area contributed by atoms with Crippen LogP contribution in [0.4, 0.5) is 0 Å². The van der Waals surface area contributed by atoms with Gasteiger partial charge in [-0.2, -0.15) is 0 Å². The minimum atomic E-state index is -2.84. The first-order valence-electron chi connectivity index (χ1n) is 6.14. The van der Waals surface area contributed by atoms with Crippen LogP contribution in [0.15, 0.2) is 30.3 Å². The van der Waals surface area contributed by atoms with E-state index in [9.17, 15) is 4.46 Å². The van der Waals surface area contributed by atoms with Crippen LogP contribution in [0.25, 0.3) is 0 Å².